The van der Waals surface area contributed by atoms with E-state index in [0.717, 1.165) is 22.1 Å². The van der Waals surface area contributed by atoms with Gasteiger partial charge in [0.25, 0.3) is 0 Å². The summed E-state index contributed by atoms with van der Waals surface area (Å²) >= 11 is 6.90. The van der Waals surface area contributed by atoms with Crippen LogP contribution in [0.25, 0.3) is 16.9 Å². The quantitative estimate of drug-likeness (QED) is 0.486. The topological polar surface area (TPSA) is 67.8 Å². The van der Waals surface area contributed by atoms with E-state index in [-0.39, 0.29) is 0 Å². The molecule has 4 rings (SSSR count). The van der Waals surface area contributed by atoms with Crippen molar-refractivity contribution in [2.75, 3.05) is 12.4 Å². The number of benzene rings is 2. The molecule has 4 aromatic rings. The summed E-state index contributed by atoms with van der Waals surface area (Å²) < 4.78 is 7.70. The van der Waals surface area contributed by atoms with Crippen molar-refractivity contribution in [3.8, 4) is 22.7 Å². The number of thiazole rings is 1. The van der Waals surface area contributed by atoms with Crippen molar-refractivity contribution in [3.05, 3.63) is 64.7 Å². The Hall–Kier alpha value is -2.97. The van der Waals surface area contributed by atoms with E-state index in [1.54, 1.807) is 11.7 Å². The fraction of sp³-hybridized carbons (Fsp3) is 0.0556. The molecule has 0 unspecified atom stereocenters. The van der Waals surface area contributed by atoms with Gasteiger partial charge >= 0.3 is 0 Å². The van der Waals surface area contributed by atoms with Crippen LogP contribution < -0.4 is 10.1 Å². The number of ether oxygens (including phenoxy) is 1. The van der Waals surface area contributed by atoms with Gasteiger partial charge in [0.15, 0.2) is 5.13 Å². The van der Waals surface area contributed by atoms with Gasteiger partial charge in [-0.2, -0.15) is 0 Å². The number of H-pyrrole nitrogens is 1. The molecule has 2 N–H and O–H groups in total. The van der Waals surface area contributed by atoms with Crippen LogP contribution in [0.2, 0.25) is 0 Å². The van der Waals surface area contributed by atoms with Crippen molar-refractivity contribution in [1.82, 2.24) is 19.7 Å². The van der Waals surface area contributed by atoms with Crippen molar-refractivity contribution in [1.29, 1.82) is 0 Å². The maximum atomic E-state index is 5.44. The maximum absolute atomic E-state index is 5.44. The minimum absolute atomic E-state index is 0.469. The molecule has 0 aliphatic heterocycles. The van der Waals surface area contributed by atoms with Crippen LogP contribution in [0, 0.1) is 4.77 Å². The lowest BCUT2D eigenvalue weighted by molar-refractivity contribution is 0.413. The number of nitrogens with one attached hydrogen (secondary N) is 2. The number of nitrogens with zero attached hydrogens (tertiary/aromatic N) is 3. The van der Waals surface area contributed by atoms with Gasteiger partial charge in [0, 0.05) is 10.9 Å². The molecule has 2 heterocycles. The van der Waals surface area contributed by atoms with Crippen LogP contribution in [0.1, 0.15) is 0 Å². The summed E-state index contributed by atoms with van der Waals surface area (Å²) in [5.74, 6) is 1.26. The fourth-order valence-corrected chi connectivity index (χ4v) is 3.53. The zero-order valence-corrected chi connectivity index (χ0v) is 15.5. The second-order valence-corrected chi connectivity index (χ2v) is 6.63. The van der Waals surface area contributed by atoms with Crippen molar-refractivity contribution in [2.24, 2.45) is 0 Å². The average molecular weight is 381 g/mol. The molecule has 0 amide bonds. The van der Waals surface area contributed by atoms with E-state index in [1.807, 2.05) is 60.0 Å². The molecule has 2 aromatic carbocycles. The first-order chi connectivity index (χ1) is 12.8. The van der Waals surface area contributed by atoms with Gasteiger partial charge in [-0.05, 0) is 24.4 Å². The minimum Gasteiger partial charge on any atom is -0.495 e. The van der Waals surface area contributed by atoms with Crippen LogP contribution in [-0.2, 0) is 0 Å². The van der Waals surface area contributed by atoms with Gasteiger partial charge in [0.2, 0.25) is 10.7 Å². The Morgan fingerprint density at radius 2 is 1.88 bits per heavy atom. The molecule has 0 spiro atoms. The van der Waals surface area contributed by atoms with Crippen molar-refractivity contribution >= 4 is 34.6 Å². The predicted molar refractivity (Wildman–Crippen MR) is 106 cm³/mol. The van der Waals surface area contributed by atoms with Gasteiger partial charge < -0.3 is 4.74 Å². The summed E-state index contributed by atoms with van der Waals surface area (Å²) in [5.41, 5.74) is 2.78. The number of para-hydroxylation sites is 2. The van der Waals surface area contributed by atoms with Crippen LogP contribution in [0.5, 0.6) is 5.75 Å². The Labute approximate surface area is 159 Å². The highest BCUT2D eigenvalue weighted by molar-refractivity contribution is 7.71. The number of aromatic amines is 1. The van der Waals surface area contributed by atoms with E-state index in [2.05, 4.69) is 20.5 Å². The van der Waals surface area contributed by atoms with Gasteiger partial charge in [-0.25, -0.2) is 10.1 Å². The fourth-order valence-electron chi connectivity index (χ4n) is 2.59. The molecule has 0 aliphatic carbocycles. The molecule has 0 bridgehead atoms. The maximum Gasteiger partial charge on any atom is 0.234 e. The van der Waals surface area contributed by atoms with Gasteiger partial charge in [0.05, 0.1) is 18.5 Å². The summed E-state index contributed by atoms with van der Waals surface area (Å²) in [7, 11) is 1.63. The Kier molecular flexibility index (Phi) is 4.51. The zero-order chi connectivity index (χ0) is 17.9. The van der Waals surface area contributed by atoms with Crippen molar-refractivity contribution < 1.29 is 4.74 Å². The summed E-state index contributed by atoms with van der Waals surface area (Å²) in [5, 5.41) is 13.1. The third-order valence-corrected chi connectivity index (χ3v) is 4.82. The largest absolute Gasteiger partial charge is 0.495 e. The van der Waals surface area contributed by atoms with Crippen LogP contribution in [0.15, 0.2) is 60.0 Å². The second kappa shape index (κ2) is 7.11. The lowest BCUT2D eigenvalue weighted by atomic mass is 10.2. The van der Waals surface area contributed by atoms with Crippen molar-refractivity contribution in [2.45, 2.75) is 0 Å². The van der Waals surface area contributed by atoms with Crippen LogP contribution in [0.4, 0.5) is 11.1 Å². The van der Waals surface area contributed by atoms with Gasteiger partial charge in [-0.3, -0.25) is 9.88 Å². The summed E-state index contributed by atoms with van der Waals surface area (Å²) in [4.78, 5) is 4.64. The summed E-state index contributed by atoms with van der Waals surface area (Å²) in [6.07, 6.45) is 0. The number of hydrogen-bond acceptors (Lipinski definition) is 6. The van der Waals surface area contributed by atoms with E-state index < -0.39 is 0 Å². The minimum atomic E-state index is 0.469. The van der Waals surface area contributed by atoms with Crippen LogP contribution >= 0.6 is 23.6 Å². The first-order valence-corrected chi connectivity index (χ1v) is 9.14. The molecule has 130 valence electrons. The highest BCUT2D eigenvalue weighted by Gasteiger charge is 2.14. The lowest BCUT2D eigenvalue weighted by Gasteiger charge is -2.11. The Balaban J connectivity index is 1.69. The zero-order valence-electron chi connectivity index (χ0n) is 13.8. The molecule has 0 saturated heterocycles. The Bertz CT molecular complexity index is 1080. The standard InChI is InChI=1S/C18H15N5OS2/c1-24-15-10-6-5-9-14(15)23-16(21-22-18(23)25)20-17-19-13(11-26-17)12-7-3-2-4-8-12/h2-11H,1H3,(H,22,25)(H,19,20,21). The average Bonchev–Trinajstić information content (AvgIpc) is 3.30. The first kappa shape index (κ1) is 16.5. The smallest absolute Gasteiger partial charge is 0.234 e. The number of aromatic nitrogens is 4. The molecule has 8 heteroatoms. The normalized spacial score (nSPS) is 10.7. The van der Waals surface area contributed by atoms with E-state index >= 15 is 0 Å². The molecular formula is C18H15N5OS2. The van der Waals surface area contributed by atoms with Crippen LogP contribution in [-0.4, -0.2) is 26.9 Å². The number of rotatable bonds is 5. The van der Waals surface area contributed by atoms with Gasteiger partial charge in [-0.1, -0.05) is 42.5 Å². The molecule has 0 fully saturated rings. The molecule has 0 saturated carbocycles. The third-order valence-electron chi connectivity index (χ3n) is 3.79. The molecule has 26 heavy (non-hydrogen) atoms. The predicted octanol–water partition coefficient (Wildman–Crippen LogP) is 4.81. The second-order valence-electron chi connectivity index (χ2n) is 5.39. The molecule has 0 aliphatic rings. The number of anilines is 2. The molecular weight excluding hydrogens is 366 g/mol. The van der Waals surface area contributed by atoms with Crippen molar-refractivity contribution in [3.63, 3.8) is 0 Å². The highest BCUT2D eigenvalue weighted by Crippen LogP contribution is 2.29. The summed E-state index contributed by atoms with van der Waals surface area (Å²) in [6.45, 7) is 0. The number of methoxy groups -OCH3 is 1. The molecule has 2 aromatic heterocycles. The van der Waals surface area contributed by atoms with Gasteiger partial charge in [-0.15, -0.1) is 16.4 Å². The number of hydrogen-bond donors (Lipinski definition) is 2. The van der Waals surface area contributed by atoms with E-state index in [1.165, 1.54) is 11.3 Å². The van der Waals surface area contributed by atoms with E-state index in [9.17, 15) is 0 Å². The van der Waals surface area contributed by atoms with E-state index in [0.29, 0.717) is 16.5 Å². The first-order valence-electron chi connectivity index (χ1n) is 7.85. The Morgan fingerprint density at radius 3 is 2.69 bits per heavy atom. The molecule has 0 radical (unpaired) electrons. The Morgan fingerprint density at radius 1 is 1.12 bits per heavy atom. The molecule has 0 atom stereocenters. The monoisotopic (exact) mass is 381 g/mol. The van der Waals surface area contributed by atoms with E-state index in [4.69, 9.17) is 17.0 Å². The van der Waals surface area contributed by atoms with Crippen LogP contribution in [0.3, 0.4) is 0 Å². The third kappa shape index (κ3) is 3.12. The van der Waals surface area contributed by atoms with Gasteiger partial charge in [0.1, 0.15) is 5.75 Å². The SMILES string of the molecule is COc1ccccc1-n1c(Nc2nc(-c3ccccc3)cs2)n[nH]c1=S. The highest BCUT2D eigenvalue weighted by atomic mass is 32.1. The molecule has 6 nitrogen and oxygen atoms in total. The lowest BCUT2D eigenvalue weighted by Crippen LogP contribution is -2.03. The summed E-state index contributed by atoms with van der Waals surface area (Å²) in [6, 6.07) is 17.7.